The fourth-order valence-electron chi connectivity index (χ4n) is 1.82. The number of nitrogens with zero attached hydrogens (tertiary/aromatic N) is 1. The lowest BCUT2D eigenvalue weighted by Gasteiger charge is -2.22. The molecule has 1 N–H and O–H groups in total. The van der Waals surface area contributed by atoms with Crippen LogP contribution in [0.2, 0.25) is 0 Å². The standard InChI is InChI=1S/C10H10F3NO/c11-10(12,13)14-4-3-8-5-7(6-15)1-2-9(8)14/h1-2,5,15H,3-4,6H2. The van der Waals surface area contributed by atoms with Crippen molar-refractivity contribution in [2.45, 2.75) is 19.3 Å². The predicted octanol–water partition coefficient (Wildman–Crippen LogP) is 2.06. The van der Waals surface area contributed by atoms with Crippen molar-refractivity contribution in [3.63, 3.8) is 0 Å². The highest BCUT2D eigenvalue weighted by atomic mass is 19.4. The summed E-state index contributed by atoms with van der Waals surface area (Å²) in [6, 6.07) is 4.56. The monoisotopic (exact) mass is 217 g/mol. The molecule has 0 aromatic heterocycles. The highest BCUT2D eigenvalue weighted by Crippen LogP contribution is 2.36. The lowest BCUT2D eigenvalue weighted by molar-refractivity contribution is -0.127. The fourth-order valence-corrected chi connectivity index (χ4v) is 1.82. The zero-order valence-electron chi connectivity index (χ0n) is 7.88. The molecule has 0 fully saturated rings. The van der Waals surface area contributed by atoms with Crippen molar-refractivity contribution in [2.24, 2.45) is 0 Å². The summed E-state index contributed by atoms with van der Waals surface area (Å²) in [7, 11) is 0. The summed E-state index contributed by atoms with van der Waals surface area (Å²) >= 11 is 0. The van der Waals surface area contributed by atoms with Gasteiger partial charge in [-0.05, 0) is 23.6 Å². The maximum atomic E-state index is 12.5. The number of aliphatic hydroxyl groups excluding tert-OH is 1. The molecule has 0 aliphatic carbocycles. The second kappa shape index (κ2) is 3.41. The third kappa shape index (κ3) is 1.79. The highest BCUT2D eigenvalue weighted by molar-refractivity contribution is 5.59. The molecule has 1 aliphatic heterocycles. The number of alkyl halides is 3. The molecule has 2 rings (SSSR count). The second-order valence-electron chi connectivity index (χ2n) is 3.49. The van der Waals surface area contributed by atoms with Gasteiger partial charge < -0.3 is 5.11 Å². The third-order valence-electron chi connectivity index (χ3n) is 2.53. The molecule has 1 aromatic rings. The van der Waals surface area contributed by atoms with E-state index in [1.807, 2.05) is 0 Å². The Kier molecular flexibility index (Phi) is 2.34. The van der Waals surface area contributed by atoms with Gasteiger partial charge in [0.05, 0.1) is 6.61 Å². The van der Waals surface area contributed by atoms with Gasteiger partial charge in [0.25, 0.3) is 0 Å². The molecule has 82 valence electrons. The van der Waals surface area contributed by atoms with Crippen LogP contribution in [0.25, 0.3) is 0 Å². The van der Waals surface area contributed by atoms with Crippen molar-refractivity contribution in [2.75, 3.05) is 11.4 Å². The van der Waals surface area contributed by atoms with E-state index in [1.165, 1.54) is 12.1 Å². The normalized spacial score (nSPS) is 15.6. The predicted molar refractivity (Wildman–Crippen MR) is 49.5 cm³/mol. The first-order chi connectivity index (χ1) is 7.02. The van der Waals surface area contributed by atoms with Gasteiger partial charge in [-0.1, -0.05) is 12.1 Å². The fraction of sp³-hybridized carbons (Fsp3) is 0.400. The van der Waals surface area contributed by atoms with Crippen LogP contribution in [0.4, 0.5) is 18.9 Å². The van der Waals surface area contributed by atoms with E-state index in [9.17, 15) is 13.2 Å². The van der Waals surface area contributed by atoms with Crippen LogP contribution < -0.4 is 4.90 Å². The Morgan fingerprint density at radius 1 is 1.33 bits per heavy atom. The number of rotatable bonds is 1. The Hall–Kier alpha value is -1.23. The van der Waals surface area contributed by atoms with Crippen LogP contribution in [0, 0.1) is 0 Å². The zero-order chi connectivity index (χ0) is 11.1. The molecule has 0 saturated heterocycles. The van der Waals surface area contributed by atoms with Crippen molar-refractivity contribution < 1.29 is 18.3 Å². The molecule has 1 aliphatic rings. The Balaban J connectivity index is 2.36. The number of fused-ring (bicyclic) bond motifs is 1. The van der Waals surface area contributed by atoms with E-state index in [4.69, 9.17) is 5.11 Å². The molecule has 0 saturated carbocycles. The van der Waals surface area contributed by atoms with Gasteiger partial charge >= 0.3 is 6.30 Å². The topological polar surface area (TPSA) is 23.5 Å². The van der Waals surface area contributed by atoms with E-state index in [2.05, 4.69) is 0 Å². The Labute approximate surface area is 84.9 Å². The molecule has 0 spiro atoms. The molecule has 2 nitrogen and oxygen atoms in total. The Morgan fingerprint density at radius 3 is 2.67 bits per heavy atom. The van der Waals surface area contributed by atoms with Gasteiger partial charge in [0.1, 0.15) is 0 Å². The summed E-state index contributed by atoms with van der Waals surface area (Å²) in [5.74, 6) is 0. The molecule has 0 unspecified atom stereocenters. The van der Waals surface area contributed by atoms with Crippen molar-refractivity contribution in [3.05, 3.63) is 29.3 Å². The van der Waals surface area contributed by atoms with Crippen LogP contribution in [0.3, 0.4) is 0 Å². The quantitative estimate of drug-likeness (QED) is 0.728. The third-order valence-corrected chi connectivity index (χ3v) is 2.53. The van der Waals surface area contributed by atoms with Gasteiger partial charge in [0, 0.05) is 12.2 Å². The number of benzene rings is 1. The first-order valence-electron chi connectivity index (χ1n) is 4.59. The molecular formula is C10H10F3NO. The van der Waals surface area contributed by atoms with E-state index in [0.29, 0.717) is 22.4 Å². The Bertz CT molecular complexity index is 375. The van der Waals surface area contributed by atoms with Gasteiger partial charge in [-0.15, -0.1) is 0 Å². The molecule has 0 radical (unpaired) electrons. The van der Waals surface area contributed by atoms with Crippen molar-refractivity contribution >= 4 is 5.69 Å². The minimum atomic E-state index is -4.31. The molecule has 0 atom stereocenters. The maximum absolute atomic E-state index is 12.5. The number of anilines is 1. The molecule has 1 heterocycles. The van der Waals surface area contributed by atoms with Crippen molar-refractivity contribution in [1.29, 1.82) is 0 Å². The van der Waals surface area contributed by atoms with E-state index in [0.717, 1.165) is 0 Å². The average Bonchev–Trinajstić information content (AvgIpc) is 2.59. The van der Waals surface area contributed by atoms with E-state index >= 15 is 0 Å². The van der Waals surface area contributed by atoms with Crippen LogP contribution in [-0.2, 0) is 13.0 Å². The lowest BCUT2D eigenvalue weighted by Crippen LogP contribution is -2.36. The summed E-state index contributed by atoms with van der Waals surface area (Å²) in [6.45, 7) is -0.174. The molecule has 1 aromatic carbocycles. The molecular weight excluding hydrogens is 207 g/mol. The summed E-state index contributed by atoms with van der Waals surface area (Å²) < 4.78 is 37.5. The van der Waals surface area contributed by atoms with Crippen molar-refractivity contribution in [3.8, 4) is 0 Å². The number of hydrogen-bond donors (Lipinski definition) is 1. The average molecular weight is 217 g/mol. The van der Waals surface area contributed by atoms with E-state index in [-0.39, 0.29) is 18.8 Å². The second-order valence-corrected chi connectivity index (χ2v) is 3.49. The SMILES string of the molecule is OCc1ccc2c(c1)CCN2C(F)(F)F. The van der Waals surface area contributed by atoms with Crippen LogP contribution >= 0.6 is 0 Å². The summed E-state index contributed by atoms with van der Waals surface area (Å²) in [6.07, 6.45) is -3.94. The van der Waals surface area contributed by atoms with Gasteiger partial charge in [-0.3, -0.25) is 4.90 Å². The van der Waals surface area contributed by atoms with Gasteiger partial charge in [-0.2, -0.15) is 13.2 Å². The first kappa shape index (κ1) is 10.3. The molecule has 5 heteroatoms. The molecule has 15 heavy (non-hydrogen) atoms. The number of halogens is 3. The van der Waals surface area contributed by atoms with Gasteiger partial charge in [0.2, 0.25) is 0 Å². The maximum Gasteiger partial charge on any atom is 0.484 e. The first-order valence-corrected chi connectivity index (χ1v) is 4.59. The zero-order valence-corrected chi connectivity index (χ0v) is 7.88. The van der Waals surface area contributed by atoms with Gasteiger partial charge in [0.15, 0.2) is 0 Å². The van der Waals surface area contributed by atoms with Crippen LogP contribution in [-0.4, -0.2) is 18.0 Å². The van der Waals surface area contributed by atoms with Crippen LogP contribution in [0.15, 0.2) is 18.2 Å². The summed E-state index contributed by atoms with van der Waals surface area (Å²) in [4.78, 5) is 0.434. The smallest absolute Gasteiger partial charge is 0.392 e. The highest BCUT2D eigenvalue weighted by Gasteiger charge is 2.40. The number of aliphatic hydroxyl groups is 1. The number of hydrogen-bond acceptors (Lipinski definition) is 2. The summed E-state index contributed by atoms with van der Waals surface area (Å²) in [5, 5.41) is 8.86. The minimum absolute atomic E-state index is 0.0340. The van der Waals surface area contributed by atoms with Crippen molar-refractivity contribution in [1.82, 2.24) is 0 Å². The largest absolute Gasteiger partial charge is 0.484 e. The van der Waals surface area contributed by atoms with E-state index < -0.39 is 6.30 Å². The Morgan fingerprint density at radius 2 is 2.07 bits per heavy atom. The van der Waals surface area contributed by atoms with Gasteiger partial charge in [-0.25, -0.2) is 0 Å². The van der Waals surface area contributed by atoms with E-state index in [1.54, 1.807) is 6.07 Å². The van der Waals surface area contributed by atoms with Crippen LogP contribution in [0.5, 0.6) is 0 Å². The summed E-state index contributed by atoms with van der Waals surface area (Å²) in [5.41, 5.74) is 1.51. The molecule has 0 bridgehead atoms. The lowest BCUT2D eigenvalue weighted by atomic mass is 10.1. The molecule has 0 amide bonds. The minimum Gasteiger partial charge on any atom is -0.392 e. The van der Waals surface area contributed by atoms with Crippen LogP contribution in [0.1, 0.15) is 11.1 Å².